The first-order valence-electron chi connectivity index (χ1n) is 31.0. The molecule has 0 rings (SSSR count). The maximum Gasteiger partial charge on any atom is 0.335 e. The lowest BCUT2D eigenvalue weighted by molar-refractivity contribution is -0.337. The summed E-state index contributed by atoms with van der Waals surface area (Å²) in [5.41, 5.74) is -20.2. The van der Waals surface area contributed by atoms with Crippen LogP contribution in [0.1, 0.15) is 198 Å². The van der Waals surface area contributed by atoms with E-state index < -0.39 is 372 Å². The molecule has 0 aromatic heterocycles. The highest BCUT2D eigenvalue weighted by Crippen LogP contribution is 2.58. The predicted octanol–water partition coefficient (Wildman–Crippen LogP) is 6.86. The van der Waals surface area contributed by atoms with Gasteiger partial charge < -0.3 is 5.11 Å². The Balaban J connectivity index is 14.2. The predicted molar refractivity (Wildman–Crippen MR) is 343 cm³/mol. The molecule has 99 heavy (non-hydrogen) atoms. The van der Waals surface area contributed by atoms with Gasteiger partial charge in [-0.3, -0.25) is 0 Å². The number of halogens is 10. The Bertz CT molecular complexity index is 3560. The Morgan fingerprint density at radius 3 is 0.556 bits per heavy atom. The van der Waals surface area contributed by atoms with Crippen LogP contribution < -0.4 is 0 Å². The van der Waals surface area contributed by atoms with Crippen LogP contribution in [0.3, 0.4) is 0 Å². The van der Waals surface area contributed by atoms with Gasteiger partial charge >= 0.3 is 11.8 Å². The highest BCUT2D eigenvalue weighted by Gasteiger charge is 2.87. The van der Waals surface area contributed by atoms with Gasteiger partial charge in [0.25, 0.3) is 11.4 Å². The van der Waals surface area contributed by atoms with Gasteiger partial charge in [-0.2, -0.15) is 0 Å². The first-order valence-corrected chi connectivity index (χ1v) is 47.1. The van der Waals surface area contributed by atoms with Crippen molar-refractivity contribution < 1.29 is 139 Å². The average Bonchev–Trinajstić information content (AvgIpc) is 0.667. The Morgan fingerprint density at radius 1 is 0.263 bits per heavy atom. The van der Waals surface area contributed by atoms with Crippen LogP contribution in [0.2, 0.25) is 0 Å². The SMILES string of the molecule is CCCCS(=O)(=O)N(F)C(C=C(C(=O)O)C(N(F)S(=O)(=O)CCCC)(N(F)S(=O)(=O)CCCC)C(N(F)S(=O)(=O)CCCC)(N(F)S(=O)(=O)CCCC)N(F)S(=O)(=O)CCCC)(N(F)S(=O)(=O)CCCC)C(N(F)S(=O)(=O)CCCC)(N(F)S(=O)(=O)CCCC)N(F)S(=O)(=O)CCCC. The molecule has 0 amide bonds. The van der Waals surface area contributed by atoms with Crippen molar-refractivity contribution in [1.29, 1.82) is 0 Å². The molecule has 0 atom stereocenters. The molecule has 0 bridgehead atoms. The minimum atomic E-state index is -7.88. The van der Waals surface area contributed by atoms with Crippen molar-refractivity contribution in [3.05, 3.63) is 11.6 Å². The van der Waals surface area contributed by atoms with Crippen molar-refractivity contribution in [2.24, 2.45) is 0 Å². The van der Waals surface area contributed by atoms with Crippen LogP contribution >= 0.6 is 0 Å². The first-order chi connectivity index (χ1) is 45.2. The molecule has 0 aliphatic rings. The van der Waals surface area contributed by atoms with Gasteiger partial charge in [0.15, 0.2) is 0 Å². The molecule has 0 unspecified atom stereocenters. The molecule has 0 aromatic rings. The van der Waals surface area contributed by atoms with Gasteiger partial charge in [-0.15, -0.1) is 44.8 Å². The lowest BCUT2D eigenvalue weighted by Crippen LogP contribution is -2.87. The summed E-state index contributed by atoms with van der Waals surface area (Å²) in [6.07, 6.45) is -22.9. The molecule has 0 saturated heterocycles. The van der Waals surface area contributed by atoms with Crippen molar-refractivity contribution in [1.82, 2.24) is 45.3 Å². The molecule has 0 aliphatic carbocycles. The number of carboxylic acid groups (broad SMARTS) is 1. The smallest absolute Gasteiger partial charge is 0.335 e. The van der Waals surface area contributed by atoms with Crippen LogP contribution in [0.25, 0.3) is 0 Å². The van der Waals surface area contributed by atoms with Crippen LogP contribution in [0.4, 0.5) is 44.8 Å². The highest BCUT2D eigenvalue weighted by molar-refractivity contribution is 7.92. The second kappa shape index (κ2) is 38.8. The maximum atomic E-state index is 19.8. The van der Waals surface area contributed by atoms with E-state index in [0.717, 1.165) is 69.2 Å². The zero-order chi connectivity index (χ0) is 77.8. The molecule has 0 saturated carbocycles. The van der Waals surface area contributed by atoms with Gasteiger partial charge in [0.2, 0.25) is 106 Å². The van der Waals surface area contributed by atoms with Crippen LogP contribution in [0, 0.1) is 0 Å². The highest BCUT2D eigenvalue weighted by atomic mass is 32.2. The number of nitrogens with zero attached hydrogens (tertiary/aromatic N) is 10. The van der Waals surface area contributed by atoms with E-state index in [-0.39, 0.29) is 0 Å². The maximum absolute atomic E-state index is 19.8. The lowest BCUT2D eigenvalue weighted by Gasteiger charge is -2.56. The third-order valence-electron chi connectivity index (χ3n) is 14.4. The fraction of sp³-hybridized carbons (Fsp3) is 0.936. The molecule has 0 spiro atoms. The molecular formula is C47H92F10N10O22S10. The molecule has 592 valence electrons. The van der Waals surface area contributed by atoms with Gasteiger partial charge in [-0.1, -0.05) is 133 Å². The minimum Gasteiger partial charge on any atom is -0.478 e. The number of carbonyl (C=O) groups is 1. The summed E-state index contributed by atoms with van der Waals surface area (Å²) in [4.78, 5) is 15.3. The number of aliphatic carboxylic acids is 1. The lowest BCUT2D eigenvalue weighted by atomic mass is 9.88. The number of hydrogen-bond donors (Lipinski definition) is 1. The van der Waals surface area contributed by atoms with E-state index in [4.69, 9.17) is 0 Å². The Morgan fingerprint density at radius 2 is 0.404 bits per heavy atom. The van der Waals surface area contributed by atoms with Crippen molar-refractivity contribution in [2.45, 2.75) is 221 Å². The summed E-state index contributed by atoms with van der Waals surface area (Å²) in [5.74, 6) is -43.9. The van der Waals surface area contributed by atoms with Gasteiger partial charge in [0.1, 0.15) is 0 Å². The molecule has 0 fully saturated rings. The molecule has 52 heteroatoms. The summed E-state index contributed by atoms with van der Waals surface area (Å²) >= 11 is 0. The quantitative estimate of drug-likeness (QED) is 0.0281. The van der Waals surface area contributed by atoms with Crippen molar-refractivity contribution >= 4 is 106 Å². The van der Waals surface area contributed by atoms with Crippen molar-refractivity contribution in [3.63, 3.8) is 0 Å². The van der Waals surface area contributed by atoms with Crippen LogP contribution in [0.5, 0.6) is 0 Å². The molecular weight excluding hydrogens is 1570 g/mol. The Hall–Kier alpha value is -2.39. The van der Waals surface area contributed by atoms with E-state index in [1.54, 1.807) is 0 Å². The number of rotatable bonds is 55. The summed E-state index contributed by atoms with van der Waals surface area (Å²) in [7, 11) is -75.2. The van der Waals surface area contributed by atoms with E-state index in [0.29, 0.717) is 0 Å². The van der Waals surface area contributed by atoms with E-state index in [2.05, 4.69) is 0 Å². The summed E-state index contributed by atoms with van der Waals surface area (Å²) in [5, 5.41) is 12.0. The molecule has 0 aliphatic heterocycles. The molecule has 32 nitrogen and oxygen atoms in total. The molecule has 0 aromatic carbocycles. The second-order valence-electron chi connectivity index (χ2n) is 22.4. The van der Waals surface area contributed by atoms with E-state index in [1.807, 2.05) is 0 Å². The Kier molecular flexibility index (Phi) is 37.8. The van der Waals surface area contributed by atoms with Crippen molar-refractivity contribution in [3.8, 4) is 0 Å². The van der Waals surface area contributed by atoms with Gasteiger partial charge in [0.05, 0.1) is 63.1 Å². The average molecular weight is 1660 g/mol. The molecule has 0 radical (unpaired) electrons. The summed E-state index contributed by atoms with van der Waals surface area (Å²) in [6, 6.07) is 0. The minimum absolute atomic E-state index is 0.692. The van der Waals surface area contributed by atoms with Crippen LogP contribution in [0.15, 0.2) is 11.6 Å². The van der Waals surface area contributed by atoms with Gasteiger partial charge in [-0.05, 0) is 88.4 Å². The van der Waals surface area contributed by atoms with Crippen molar-refractivity contribution in [2.75, 3.05) is 57.5 Å². The Labute approximate surface area is 576 Å². The number of unbranched alkanes of at least 4 members (excludes halogenated alkanes) is 10. The van der Waals surface area contributed by atoms with Gasteiger partial charge in [-0.25, -0.2) is 89.0 Å². The fourth-order valence-electron chi connectivity index (χ4n) is 8.86. The zero-order valence-electron chi connectivity index (χ0n) is 56.1. The monoisotopic (exact) mass is 1660 g/mol. The zero-order valence-corrected chi connectivity index (χ0v) is 64.3. The topological polar surface area (TPSA) is 411 Å². The summed E-state index contributed by atoms with van der Waals surface area (Å²) < 4.78 is 463. The third-order valence-corrected chi connectivity index (χ3v) is 30.0. The number of hydrogen-bond acceptors (Lipinski definition) is 21. The van der Waals surface area contributed by atoms with E-state index >= 15 is 83.3 Å². The van der Waals surface area contributed by atoms with E-state index in [1.165, 1.54) is 0 Å². The fourth-order valence-corrected chi connectivity index (χ4v) is 24.1. The van der Waals surface area contributed by atoms with E-state index in [9.17, 15) is 55.6 Å². The number of carboxylic acids is 1. The molecule has 0 heterocycles. The second-order valence-corrected chi connectivity index (χ2v) is 41.3. The summed E-state index contributed by atoms with van der Waals surface area (Å²) in [6.45, 7) is 9.41. The largest absolute Gasteiger partial charge is 0.478 e. The van der Waals surface area contributed by atoms with Crippen LogP contribution in [-0.4, -0.2) is 221 Å². The first kappa shape index (κ1) is 96.6. The molecule has 1 N–H and O–H groups in total. The number of sulfonamides is 10. The van der Waals surface area contributed by atoms with Crippen LogP contribution in [-0.2, 0) is 105 Å². The third kappa shape index (κ3) is 20.8. The van der Waals surface area contributed by atoms with Gasteiger partial charge in [0, 0.05) is 27.2 Å². The normalized spacial score (nSPS) is 14.9. The standard InChI is InChI=1S/C47H92F10N10O22S10/c1-11-21-31-90(70,71)58(48)44(59(49)91(72,73)32-22-12-2,46(62(52)94(78,79)35-25-15-5,63(53)95(80,81)36-26-16-6)64(54)96(82,83)37-27-17-7)41-42(43(68)69)45(60(50)92(74,75)33-23-13-3,61(51)93(76,77)34-24-14-4)47(65(55)97(84,85)38-28-18-8,66(56)98(86,87)39-29-19-9)67(57)99(88,89)40-30-20-10/h41H,11-40H2,1-10H3,(H,68,69).